The Morgan fingerprint density at radius 3 is 3.10 bits per heavy atom. The third-order valence-corrected chi connectivity index (χ3v) is 1.36. The summed E-state index contributed by atoms with van der Waals surface area (Å²) in [6, 6.07) is 0.152. The van der Waals surface area contributed by atoms with Gasteiger partial charge in [0, 0.05) is 6.20 Å². The largest absolute Gasteiger partial charge is 0.328 e. The van der Waals surface area contributed by atoms with Gasteiger partial charge >= 0.3 is 0 Å². The zero-order chi connectivity index (χ0) is 6.81. The molecule has 0 aliphatic carbocycles. The summed E-state index contributed by atoms with van der Waals surface area (Å²) in [5.41, 5.74) is 6.71. The Morgan fingerprint density at radius 1 is 1.50 bits per heavy atom. The summed E-state index contributed by atoms with van der Waals surface area (Å²) in [7, 11) is 0. The Bertz CT molecular complexity index is 226. The number of H-pyrrole nitrogens is 1. The zero-order valence-electron chi connectivity index (χ0n) is 5.20. The van der Waals surface area contributed by atoms with Gasteiger partial charge in [-0.05, 0) is 6.08 Å². The van der Waals surface area contributed by atoms with E-state index in [0.29, 0.717) is 0 Å². The molecule has 0 spiro atoms. The van der Waals surface area contributed by atoms with Crippen LogP contribution in [0.3, 0.4) is 0 Å². The molecule has 1 aromatic heterocycles. The first-order valence-corrected chi connectivity index (χ1v) is 3.00. The van der Waals surface area contributed by atoms with Gasteiger partial charge in [0.05, 0.1) is 12.2 Å². The van der Waals surface area contributed by atoms with Crippen molar-refractivity contribution >= 4 is 0 Å². The molecule has 5 heteroatoms. The molecule has 2 heterocycles. The molecular formula is C5H7N5. The summed E-state index contributed by atoms with van der Waals surface area (Å²) in [4.78, 5) is 0. The molecule has 1 atom stereocenters. The van der Waals surface area contributed by atoms with Crippen LogP contribution in [-0.4, -0.2) is 15.4 Å². The van der Waals surface area contributed by atoms with Crippen LogP contribution >= 0.6 is 0 Å². The SMILES string of the molecule is C1=CC(c2cn[nH]n2)NN1. The van der Waals surface area contributed by atoms with E-state index in [-0.39, 0.29) is 6.04 Å². The van der Waals surface area contributed by atoms with Crippen LogP contribution in [0.15, 0.2) is 18.5 Å². The Hall–Kier alpha value is -1.36. The zero-order valence-corrected chi connectivity index (χ0v) is 5.20. The van der Waals surface area contributed by atoms with E-state index in [9.17, 15) is 0 Å². The molecule has 0 aromatic carbocycles. The first kappa shape index (κ1) is 5.43. The minimum atomic E-state index is 0.152. The van der Waals surface area contributed by atoms with E-state index in [1.807, 2.05) is 12.3 Å². The van der Waals surface area contributed by atoms with Crippen LogP contribution in [0.5, 0.6) is 0 Å². The van der Waals surface area contributed by atoms with Crippen molar-refractivity contribution in [3.8, 4) is 0 Å². The molecule has 1 aromatic rings. The Balaban J connectivity index is 2.20. The third kappa shape index (κ3) is 0.763. The van der Waals surface area contributed by atoms with Crippen molar-refractivity contribution in [3.63, 3.8) is 0 Å². The first-order valence-electron chi connectivity index (χ1n) is 3.00. The normalized spacial score (nSPS) is 23.0. The van der Waals surface area contributed by atoms with Crippen molar-refractivity contribution < 1.29 is 0 Å². The van der Waals surface area contributed by atoms with Gasteiger partial charge in [0.1, 0.15) is 5.69 Å². The van der Waals surface area contributed by atoms with Gasteiger partial charge in [-0.15, -0.1) is 0 Å². The van der Waals surface area contributed by atoms with E-state index in [4.69, 9.17) is 0 Å². The highest BCUT2D eigenvalue weighted by Crippen LogP contribution is 2.10. The maximum absolute atomic E-state index is 3.91. The summed E-state index contributed by atoms with van der Waals surface area (Å²) in [5.74, 6) is 0. The number of rotatable bonds is 1. The van der Waals surface area contributed by atoms with E-state index in [2.05, 4.69) is 26.3 Å². The molecule has 0 radical (unpaired) electrons. The van der Waals surface area contributed by atoms with Gasteiger partial charge in [0.2, 0.25) is 0 Å². The second kappa shape index (κ2) is 2.11. The number of aromatic amines is 1. The number of aromatic nitrogens is 3. The summed E-state index contributed by atoms with van der Waals surface area (Å²) in [5, 5.41) is 10.1. The molecule has 0 bridgehead atoms. The van der Waals surface area contributed by atoms with Crippen molar-refractivity contribution in [2.75, 3.05) is 0 Å². The molecule has 52 valence electrons. The Kier molecular flexibility index (Phi) is 1.14. The molecule has 0 amide bonds. The lowest BCUT2D eigenvalue weighted by atomic mass is 10.2. The number of hydrogen-bond acceptors (Lipinski definition) is 4. The number of nitrogens with zero attached hydrogens (tertiary/aromatic N) is 2. The lowest BCUT2D eigenvalue weighted by Gasteiger charge is -2.01. The predicted molar refractivity (Wildman–Crippen MR) is 34.5 cm³/mol. The molecule has 0 fully saturated rings. The summed E-state index contributed by atoms with van der Waals surface area (Å²) in [6.07, 6.45) is 5.49. The summed E-state index contributed by atoms with van der Waals surface area (Å²) < 4.78 is 0. The van der Waals surface area contributed by atoms with Gasteiger partial charge in [-0.2, -0.15) is 15.4 Å². The number of hydrazine groups is 1. The van der Waals surface area contributed by atoms with Gasteiger partial charge in [-0.25, -0.2) is 5.43 Å². The molecule has 0 saturated carbocycles. The molecule has 10 heavy (non-hydrogen) atoms. The van der Waals surface area contributed by atoms with Crippen LogP contribution in [0.1, 0.15) is 11.7 Å². The molecule has 3 N–H and O–H groups in total. The van der Waals surface area contributed by atoms with Gasteiger partial charge < -0.3 is 5.43 Å². The first-order chi connectivity index (χ1) is 4.97. The minimum Gasteiger partial charge on any atom is -0.328 e. The maximum atomic E-state index is 3.91. The minimum absolute atomic E-state index is 0.152. The fourth-order valence-electron chi connectivity index (χ4n) is 0.863. The van der Waals surface area contributed by atoms with Crippen molar-refractivity contribution in [1.82, 2.24) is 26.3 Å². The lowest BCUT2D eigenvalue weighted by molar-refractivity contribution is 0.596. The second-order valence-electron chi connectivity index (χ2n) is 2.02. The van der Waals surface area contributed by atoms with Gasteiger partial charge in [0.15, 0.2) is 0 Å². The number of nitrogens with one attached hydrogen (secondary N) is 3. The highest BCUT2D eigenvalue weighted by Gasteiger charge is 2.12. The maximum Gasteiger partial charge on any atom is 0.105 e. The molecule has 1 unspecified atom stereocenters. The average molecular weight is 137 g/mol. The average Bonchev–Trinajstić information content (AvgIpc) is 2.59. The topological polar surface area (TPSA) is 65.6 Å². The molecule has 2 rings (SSSR count). The van der Waals surface area contributed by atoms with Crippen LogP contribution < -0.4 is 10.9 Å². The van der Waals surface area contributed by atoms with Crippen molar-refractivity contribution in [2.45, 2.75) is 6.04 Å². The van der Waals surface area contributed by atoms with Gasteiger partial charge in [-0.3, -0.25) is 0 Å². The lowest BCUT2D eigenvalue weighted by Crippen LogP contribution is -2.24. The summed E-state index contributed by atoms with van der Waals surface area (Å²) in [6.45, 7) is 0. The molecule has 1 aliphatic heterocycles. The third-order valence-electron chi connectivity index (χ3n) is 1.36. The highest BCUT2D eigenvalue weighted by atomic mass is 15.4. The van der Waals surface area contributed by atoms with E-state index in [0.717, 1.165) is 5.69 Å². The molecule has 5 nitrogen and oxygen atoms in total. The van der Waals surface area contributed by atoms with Crippen molar-refractivity contribution in [1.29, 1.82) is 0 Å². The van der Waals surface area contributed by atoms with Crippen LogP contribution in [0.2, 0.25) is 0 Å². The van der Waals surface area contributed by atoms with E-state index >= 15 is 0 Å². The van der Waals surface area contributed by atoms with E-state index in [1.54, 1.807) is 6.20 Å². The van der Waals surface area contributed by atoms with Gasteiger partial charge in [0.25, 0.3) is 0 Å². The Labute approximate surface area is 57.5 Å². The van der Waals surface area contributed by atoms with E-state index < -0.39 is 0 Å². The molecule has 1 aliphatic rings. The number of hydrogen-bond donors (Lipinski definition) is 3. The summed E-state index contributed by atoms with van der Waals surface area (Å²) >= 11 is 0. The van der Waals surface area contributed by atoms with Crippen molar-refractivity contribution in [3.05, 3.63) is 24.2 Å². The van der Waals surface area contributed by atoms with Crippen LogP contribution in [0.25, 0.3) is 0 Å². The molecule has 0 saturated heterocycles. The fraction of sp³-hybridized carbons (Fsp3) is 0.200. The van der Waals surface area contributed by atoms with Gasteiger partial charge in [-0.1, -0.05) is 0 Å². The van der Waals surface area contributed by atoms with Crippen LogP contribution in [0, 0.1) is 0 Å². The van der Waals surface area contributed by atoms with Crippen LogP contribution in [-0.2, 0) is 0 Å². The Morgan fingerprint density at radius 2 is 2.50 bits per heavy atom. The highest BCUT2D eigenvalue weighted by molar-refractivity contribution is 5.11. The predicted octanol–water partition coefficient (Wildman–Crippen LogP) is -0.533. The second-order valence-corrected chi connectivity index (χ2v) is 2.02. The fourth-order valence-corrected chi connectivity index (χ4v) is 0.863. The smallest absolute Gasteiger partial charge is 0.105 e. The quantitative estimate of drug-likeness (QED) is 0.486. The standard InChI is InChI=1S/C5H7N5/c1-2-6-8-4(1)5-3-7-10-9-5/h1-4,6,8H,(H,7,9,10). The van der Waals surface area contributed by atoms with Crippen molar-refractivity contribution in [2.24, 2.45) is 0 Å². The van der Waals surface area contributed by atoms with E-state index in [1.165, 1.54) is 0 Å². The monoisotopic (exact) mass is 137 g/mol. The van der Waals surface area contributed by atoms with Crippen LogP contribution in [0.4, 0.5) is 0 Å². The molecular weight excluding hydrogens is 130 g/mol.